The lowest BCUT2D eigenvalue weighted by atomic mass is 9.92. The number of aliphatic imine (C=N–C) groups is 2. The molecule has 0 aliphatic heterocycles. The Morgan fingerprint density at radius 3 is 2.36 bits per heavy atom. The summed E-state index contributed by atoms with van der Waals surface area (Å²) in [5.74, 6) is -1.17. The number of carbonyl (C=O) groups excluding carboxylic acids is 1. The highest BCUT2D eigenvalue weighted by molar-refractivity contribution is 6.00. The van der Waals surface area contributed by atoms with E-state index < -0.39 is 41.7 Å². The zero-order chi connectivity index (χ0) is 27.4. The van der Waals surface area contributed by atoms with Crippen LogP contribution in [0.15, 0.2) is 39.1 Å². The number of carbonyl (C=O) groups is 1. The molecule has 0 radical (unpaired) electrons. The molecule has 0 saturated heterocycles. The summed E-state index contributed by atoms with van der Waals surface area (Å²) in [6.45, 7) is 6.51. The third kappa shape index (κ3) is 7.20. The summed E-state index contributed by atoms with van der Waals surface area (Å²) in [5, 5.41) is 6.21. The minimum atomic E-state index is -4.72. The van der Waals surface area contributed by atoms with Crippen LogP contribution < -0.4 is 11.1 Å². The molecule has 200 valence electrons. The summed E-state index contributed by atoms with van der Waals surface area (Å²) >= 11 is 0. The van der Waals surface area contributed by atoms with Crippen LogP contribution in [0.3, 0.4) is 0 Å². The predicted octanol–water partition coefficient (Wildman–Crippen LogP) is 5.22. The maximum atomic E-state index is 13.2. The van der Waals surface area contributed by atoms with E-state index in [9.17, 15) is 31.1 Å². The van der Waals surface area contributed by atoms with E-state index in [4.69, 9.17) is 5.73 Å². The van der Waals surface area contributed by atoms with Gasteiger partial charge in [0, 0.05) is 42.3 Å². The van der Waals surface area contributed by atoms with Crippen molar-refractivity contribution in [2.24, 2.45) is 21.6 Å². The van der Waals surface area contributed by atoms with Gasteiger partial charge in [0.1, 0.15) is 11.4 Å². The van der Waals surface area contributed by atoms with E-state index >= 15 is 0 Å². The highest BCUT2D eigenvalue weighted by Gasteiger charge is 2.37. The first kappa shape index (κ1) is 29.1. The number of rotatable bonds is 7. The second kappa shape index (κ2) is 11.3. The Morgan fingerprint density at radius 1 is 1.22 bits per heavy atom. The van der Waals surface area contributed by atoms with Gasteiger partial charge in [0.05, 0.1) is 6.04 Å². The van der Waals surface area contributed by atoms with E-state index in [1.54, 1.807) is 27.7 Å². The van der Waals surface area contributed by atoms with Gasteiger partial charge in [0.25, 0.3) is 5.91 Å². The van der Waals surface area contributed by atoms with Crippen molar-refractivity contribution in [1.82, 2.24) is 15.1 Å². The summed E-state index contributed by atoms with van der Waals surface area (Å²) in [7, 11) is 1.03. The monoisotopic (exact) mass is 520 g/mol. The molecule has 1 atom stereocenters. The fourth-order valence-electron chi connectivity index (χ4n) is 3.58. The number of halogens is 6. The molecule has 0 fully saturated rings. The van der Waals surface area contributed by atoms with Gasteiger partial charge in [-0.3, -0.25) is 19.5 Å². The molecule has 1 heterocycles. The summed E-state index contributed by atoms with van der Waals surface area (Å²) in [4.78, 5) is 20.5. The van der Waals surface area contributed by atoms with E-state index in [-0.39, 0.29) is 17.3 Å². The first-order valence-electron chi connectivity index (χ1n) is 11.3. The second-order valence-corrected chi connectivity index (χ2v) is 8.94. The molecule has 13 heteroatoms. The third-order valence-corrected chi connectivity index (χ3v) is 5.50. The number of hydrogen-bond donors (Lipinski definition) is 2. The second-order valence-electron chi connectivity index (χ2n) is 8.94. The van der Waals surface area contributed by atoms with E-state index in [0.717, 1.165) is 17.8 Å². The normalized spacial score (nSPS) is 18.6. The Kier molecular flexibility index (Phi) is 9.13. The Morgan fingerprint density at radius 2 is 1.86 bits per heavy atom. The number of nitrogens with two attached hydrogens (primary N) is 1. The van der Waals surface area contributed by atoms with Crippen molar-refractivity contribution in [2.45, 2.75) is 71.4 Å². The molecule has 1 unspecified atom stereocenters. The Labute approximate surface area is 205 Å². The molecule has 1 aromatic heterocycles. The van der Waals surface area contributed by atoms with Gasteiger partial charge in [-0.1, -0.05) is 13.8 Å². The van der Waals surface area contributed by atoms with Gasteiger partial charge in [-0.25, -0.2) is 0 Å². The molecule has 3 N–H and O–H groups in total. The van der Waals surface area contributed by atoms with Crippen molar-refractivity contribution < 1.29 is 31.1 Å². The first-order valence-corrected chi connectivity index (χ1v) is 11.3. The lowest BCUT2D eigenvalue weighted by molar-refractivity contribution is -0.141. The van der Waals surface area contributed by atoms with E-state index in [2.05, 4.69) is 20.4 Å². The van der Waals surface area contributed by atoms with Gasteiger partial charge in [-0.2, -0.15) is 31.4 Å². The van der Waals surface area contributed by atoms with Gasteiger partial charge < -0.3 is 11.1 Å². The van der Waals surface area contributed by atoms with Crippen LogP contribution >= 0.6 is 0 Å². The first-order chi connectivity index (χ1) is 16.6. The SMILES string of the molecule is CN=C(/C=C(/N=CC1=C(N)CCCC1NC(=O)c1cc(C(F)(F)F)nn1C(C)C)C(C)C)C(F)(F)F. The zero-order valence-electron chi connectivity index (χ0n) is 20.6. The van der Waals surface area contributed by atoms with Crippen molar-refractivity contribution in [3.05, 3.63) is 40.5 Å². The Balaban J connectivity index is 2.38. The molecule has 1 aliphatic rings. The van der Waals surface area contributed by atoms with Crippen LogP contribution in [0, 0.1) is 5.92 Å². The summed E-state index contributed by atoms with van der Waals surface area (Å²) in [6.07, 6.45) is -5.75. The smallest absolute Gasteiger partial charge is 0.402 e. The van der Waals surface area contributed by atoms with Crippen LogP contribution in [-0.4, -0.2) is 46.9 Å². The summed E-state index contributed by atoms with van der Waals surface area (Å²) in [5.41, 5.74) is 4.44. The maximum absolute atomic E-state index is 13.2. The van der Waals surface area contributed by atoms with Gasteiger partial charge in [0.15, 0.2) is 5.69 Å². The highest BCUT2D eigenvalue weighted by Crippen LogP contribution is 2.30. The molecule has 1 amide bonds. The predicted molar refractivity (Wildman–Crippen MR) is 125 cm³/mol. The molecule has 0 bridgehead atoms. The number of nitrogens with zero attached hydrogens (tertiary/aromatic N) is 4. The van der Waals surface area contributed by atoms with Crippen LogP contribution in [-0.2, 0) is 6.18 Å². The van der Waals surface area contributed by atoms with Crippen molar-refractivity contribution >= 4 is 17.8 Å². The van der Waals surface area contributed by atoms with Gasteiger partial charge >= 0.3 is 12.4 Å². The van der Waals surface area contributed by atoms with Crippen LogP contribution in [0.4, 0.5) is 26.3 Å². The van der Waals surface area contributed by atoms with Gasteiger partial charge in [-0.05, 0) is 45.1 Å². The highest BCUT2D eigenvalue weighted by atomic mass is 19.4. The minimum Gasteiger partial charge on any atom is -0.402 e. The average molecular weight is 521 g/mol. The van der Waals surface area contributed by atoms with E-state index in [1.165, 1.54) is 6.21 Å². The van der Waals surface area contributed by atoms with Crippen LogP contribution in [0.1, 0.15) is 69.2 Å². The maximum Gasteiger partial charge on any atom is 0.435 e. The van der Waals surface area contributed by atoms with Crippen molar-refractivity contribution in [1.29, 1.82) is 0 Å². The number of alkyl halides is 6. The van der Waals surface area contributed by atoms with Gasteiger partial charge in [-0.15, -0.1) is 0 Å². The molecule has 0 saturated carbocycles. The molecule has 36 heavy (non-hydrogen) atoms. The standard InChI is InChI=1S/C23H30F6N6O/c1-12(2)17(9-19(31-5)22(24,25)26)32-11-14-15(30)7-6-8-16(14)33-21(36)18-10-20(23(27,28)29)34-35(18)13(3)4/h9-13,16H,6-8,30H2,1-5H3,(H,33,36)/b17-9+,31-19?,32-11?. The lowest BCUT2D eigenvalue weighted by Gasteiger charge is -2.26. The number of allylic oxidation sites excluding steroid dienone is 3. The zero-order valence-corrected chi connectivity index (χ0v) is 20.6. The lowest BCUT2D eigenvalue weighted by Crippen LogP contribution is -2.40. The van der Waals surface area contributed by atoms with Crippen molar-refractivity contribution in [3.63, 3.8) is 0 Å². The van der Waals surface area contributed by atoms with Gasteiger partial charge in [0.2, 0.25) is 0 Å². The molecule has 0 aromatic carbocycles. The van der Waals surface area contributed by atoms with Crippen LogP contribution in [0.5, 0.6) is 0 Å². The van der Waals surface area contributed by atoms with E-state index in [1.807, 2.05) is 0 Å². The quantitative estimate of drug-likeness (QED) is 0.381. The molecule has 7 nitrogen and oxygen atoms in total. The molecule has 0 spiro atoms. The largest absolute Gasteiger partial charge is 0.435 e. The molecule has 2 rings (SSSR count). The molecular formula is C23H30F6N6O. The van der Waals surface area contributed by atoms with Crippen molar-refractivity contribution in [3.8, 4) is 0 Å². The number of hydrogen-bond acceptors (Lipinski definition) is 5. The Bertz CT molecular complexity index is 1080. The van der Waals surface area contributed by atoms with Crippen LogP contribution in [0.25, 0.3) is 0 Å². The fraction of sp³-hybridized carbons (Fsp3) is 0.565. The summed E-state index contributed by atoms with van der Waals surface area (Å²) < 4.78 is 80.0. The molecular weight excluding hydrogens is 490 g/mol. The fourth-order valence-corrected chi connectivity index (χ4v) is 3.58. The summed E-state index contributed by atoms with van der Waals surface area (Å²) in [6, 6.07) is -0.534. The Hall–Kier alpha value is -3.12. The van der Waals surface area contributed by atoms with Crippen molar-refractivity contribution in [2.75, 3.05) is 7.05 Å². The van der Waals surface area contributed by atoms with E-state index in [0.29, 0.717) is 36.6 Å². The molecule has 1 aliphatic carbocycles. The van der Waals surface area contributed by atoms with Crippen LogP contribution in [0.2, 0.25) is 0 Å². The third-order valence-electron chi connectivity index (χ3n) is 5.50. The number of amides is 1. The molecule has 1 aromatic rings. The topological polar surface area (TPSA) is 97.7 Å². The number of nitrogens with one attached hydrogen (secondary N) is 1. The minimum absolute atomic E-state index is 0.0941. The average Bonchev–Trinajstić information content (AvgIpc) is 3.21. The number of aromatic nitrogens is 2.